The van der Waals surface area contributed by atoms with E-state index in [2.05, 4.69) is 10.6 Å². The molecule has 0 saturated carbocycles. The van der Waals surface area contributed by atoms with Gasteiger partial charge in [-0.2, -0.15) is 0 Å². The first kappa shape index (κ1) is 22.3. The zero-order chi connectivity index (χ0) is 22.4. The summed E-state index contributed by atoms with van der Waals surface area (Å²) in [6.07, 6.45) is -0.581. The number of hydrogen-bond acceptors (Lipinski definition) is 4. The highest BCUT2D eigenvalue weighted by Crippen LogP contribution is 2.22. The van der Waals surface area contributed by atoms with E-state index in [1.165, 1.54) is 0 Å². The molecular formula is C25H28N2O4. The highest BCUT2D eigenvalue weighted by atomic mass is 16.6. The van der Waals surface area contributed by atoms with Crippen molar-refractivity contribution in [1.82, 2.24) is 5.32 Å². The van der Waals surface area contributed by atoms with E-state index in [0.717, 1.165) is 21.9 Å². The van der Waals surface area contributed by atoms with Crippen molar-refractivity contribution in [2.45, 2.75) is 38.9 Å². The maximum atomic E-state index is 13.1. The Morgan fingerprint density at radius 2 is 1.65 bits per heavy atom. The number of ether oxygens (including phenoxy) is 1. The molecule has 6 heteroatoms. The summed E-state index contributed by atoms with van der Waals surface area (Å²) in [5.41, 5.74) is 1.53. The maximum Gasteiger partial charge on any atom is 0.407 e. The molecule has 0 radical (unpaired) electrons. The van der Waals surface area contributed by atoms with Gasteiger partial charge in [-0.05, 0) is 54.8 Å². The van der Waals surface area contributed by atoms with Gasteiger partial charge >= 0.3 is 6.09 Å². The number of fused-ring (bicyclic) bond motifs is 1. The summed E-state index contributed by atoms with van der Waals surface area (Å²) in [7, 11) is 0. The van der Waals surface area contributed by atoms with Gasteiger partial charge < -0.3 is 20.5 Å². The van der Waals surface area contributed by atoms with Gasteiger partial charge in [0.05, 0.1) is 12.5 Å². The van der Waals surface area contributed by atoms with E-state index in [1.807, 2.05) is 42.5 Å². The van der Waals surface area contributed by atoms with Crippen LogP contribution in [0.25, 0.3) is 10.8 Å². The normalized spacial score (nSPS) is 12.3. The minimum atomic E-state index is -0.633. The topological polar surface area (TPSA) is 87.7 Å². The van der Waals surface area contributed by atoms with Gasteiger partial charge in [0.15, 0.2) is 0 Å². The number of carbonyl (C=O) groups excluding carboxylic acids is 2. The molecule has 0 aromatic heterocycles. The molecule has 1 unspecified atom stereocenters. The summed E-state index contributed by atoms with van der Waals surface area (Å²) in [5.74, 6) is -0.880. The average Bonchev–Trinajstić information content (AvgIpc) is 2.73. The molecule has 6 nitrogen and oxygen atoms in total. The molecule has 2 amide bonds. The highest BCUT2D eigenvalue weighted by Gasteiger charge is 2.23. The number of nitrogens with one attached hydrogen (secondary N) is 2. The Morgan fingerprint density at radius 1 is 0.968 bits per heavy atom. The largest absolute Gasteiger partial charge is 0.444 e. The number of aliphatic hydroxyl groups is 1. The molecule has 0 heterocycles. The fourth-order valence-corrected chi connectivity index (χ4v) is 3.21. The molecule has 0 spiro atoms. The predicted octanol–water partition coefficient (Wildman–Crippen LogP) is 4.58. The van der Waals surface area contributed by atoms with E-state index in [4.69, 9.17) is 4.74 Å². The van der Waals surface area contributed by atoms with Gasteiger partial charge in [0.1, 0.15) is 5.60 Å². The predicted molar refractivity (Wildman–Crippen MR) is 122 cm³/mol. The Hall–Kier alpha value is -3.38. The van der Waals surface area contributed by atoms with E-state index in [0.29, 0.717) is 5.69 Å². The smallest absolute Gasteiger partial charge is 0.407 e. The highest BCUT2D eigenvalue weighted by molar-refractivity contribution is 5.98. The molecule has 0 aliphatic rings. The Balaban J connectivity index is 1.79. The van der Waals surface area contributed by atoms with Crippen LogP contribution in [0.3, 0.4) is 0 Å². The van der Waals surface area contributed by atoms with Crippen LogP contribution in [0.5, 0.6) is 0 Å². The number of aliphatic hydroxyl groups excluding tert-OH is 1. The van der Waals surface area contributed by atoms with Crippen LogP contribution in [0.2, 0.25) is 0 Å². The maximum absolute atomic E-state index is 13.1. The van der Waals surface area contributed by atoms with E-state index < -0.39 is 17.6 Å². The summed E-state index contributed by atoms with van der Waals surface area (Å²) in [4.78, 5) is 25.3. The Kier molecular flexibility index (Phi) is 6.92. The van der Waals surface area contributed by atoms with Crippen molar-refractivity contribution in [2.24, 2.45) is 0 Å². The van der Waals surface area contributed by atoms with Crippen molar-refractivity contribution in [3.63, 3.8) is 0 Å². The lowest BCUT2D eigenvalue weighted by atomic mass is 9.96. The van der Waals surface area contributed by atoms with Crippen molar-refractivity contribution < 1.29 is 19.4 Å². The Labute approximate surface area is 182 Å². The molecule has 0 saturated heterocycles. The van der Waals surface area contributed by atoms with Crippen molar-refractivity contribution in [3.05, 3.63) is 77.9 Å². The quantitative estimate of drug-likeness (QED) is 0.545. The molecule has 3 aromatic rings. The van der Waals surface area contributed by atoms with E-state index in [1.54, 1.807) is 45.0 Å². The second-order valence-corrected chi connectivity index (χ2v) is 8.39. The summed E-state index contributed by atoms with van der Waals surface area (Å²) in [5, 5.41) is 17.0. The first-order chi connectivity index (χ1) is 14.7. The van der Waals surface area contributed by atoms with Crippen LogP contribution in [0.15, 0.2) is 66.7 Å². The lowest BCUT2D eigenvalue weighted by Gasteiger charge is -2.22. The number of amides is 2. The van der Waals surface area contributed by atoms with Gasteiger partial charge in [-0.25, -0.2) is 4.79 Å². The first-order valence-electron chi connectivity index (χ1n) is 10.2. The van der Waals surface area contributed by atoms with Crippen molar-refractivity contribution in [1.29, 1.82) is 0 Å². The second-order valence-electron chi connectivity index (χ2n) is 8.39. The van der Waals surface area contributed by atoms with Crippen LogP contribution in [0.1, 0.15) is 37.8 Å². The van der Waals surface area contributed by atoms with Gasteiger partial charge in [0, 0.05) is 12.2 Å². The number of rotatable bonds is 6. The monoisotopic (exact) mass is 420 g/mol. The summed E-state index contributed by atoms with van der Waals surface area (Å²) < 4.78 is 5.29. The Morgan fingerprint density at radius 3 is 2.29 bits per heavy atom. The molecule has 3 N–H and O–H groups in total. The molecule has 1 atom stereocenters. The minimum Gasteiger partial charge on any atom is -0.444 e. The molecule has 162 valence electrons. The van der Waals surface area contributed by atoms with Crippen LogP contribution in [-0.2, 0) is 16.1 Å². The van der Waals surface area contributed by atoms with Crippen molar-refractivity contribution in [2.75, 3.05) is 11.9 Å². The molecule has 0 aliphatic carbocycles. The molecule has 0 aliphatic heterocycles. The number of anilines is 1. The van der Waals surface area contributed by atoms with Gasteiger partial charge in [-0.3, -0.25) is 4.79 Å². The zero-order valence-electron chi connectivity index (χ0n) is 18.0. The molecule has 31 heavy (non-hydrogen) atoms. The minimum absolute atomic E-state index is 0.0762. The number of hydrogen-bond donors (Lipinski definition) is 3. The molecule has 3 aromatic carbocycles. The van der Waals surface area contributed by atoms with Crippen molar-refractivity contribution >= 4 is 28.5 Å². The molecular weight excluding hydrogens is 392 g/mol. The summed E-state index contributed by atoms with van der Waals surface area (Å²) in [6.45, 7) is 5.34. The van der Waals surface area contributed by atoms with Gasteiger partial charge in [-0.15, -0.1) is 0 Å². The molecule has 0 bridgehead atoms. The van der Waals surface area contributed by atoms with Crippen LogP contribution >= 0.6 is 0 Å². The molecule has 3 rings (SSSR count). The third kappa shape index (κ3) is 6.30. The number of carbonyl (C=O) groups is 2. The van der Waals surface area contributed by atoms with Crippen LogP contribution in [0.4, 0.5) is 10.5 Å². The SMILES string of the molecule is CC(C)(C)OC(=O)NCC(C(=O)Nc1ccc2ccccc2c1)c1ccc(CO)cc1. The van der Waals surface area contributed by atoms with Gasteiger partial charge in [-0.1, -0.05) is 54.6 Å². The first-order valence-corrected chi connectivity index (χ1v) is 10.2. The van der Waals surface area contributed by atoms with Crippen LogP contribution in [0, 0.1) is 0 Å². The average molecular weight is 421 g/mol. The van der Waals surface area contributed by atoms with E-state index in [-0.39, 0.29) is 19.1 Å². The fourth-order valence-electron chi connectivity index (χ4n) is 3.21. The zero-order valence-corrected chi connectivity index (χ0v) is 18.0. The lowest BCUT2D eigenvalue weighted by Crippen LogP contribution is -2.37. The standard InChI is InChI=1S/C25H28N2O4/c1-25(2,3)31-24(30)26-15-22(19-10-8-17(16-28)9-11-19)23(29)27-21-13-12-18-6-4-5-7-20(18)14-21/h4-14,22,28H,15-16H2,1-3H3,(H,26,30)(H,27,29). The summed E-state index contributed by atoms with van der Waals surface area (Å²) in [6, 6.07) is 20.7. The van der Waals surface area contributed by atoms with Crippen LogP contribution < -0.4 is 10.6 Å². The van der Waals surface area contributed by atoms with Crippen molar-refractivity contribution in [3.8, 4) is 0 Å². The van der Waals surface area contributed by atoms with Crippen LogP contribution in [-0.4, -0.2) is 29.3 Å². The fraction of sp³-hybridized carbons (Fsp3) is 0.280. The third-order valence-electron chi connectivity index (χ3n) is 4.75. The molecule has 0 fully saturated rings. The Bertz CT molecular complexity index is 1060. The van der Waals surface area contributed by atoms with Gasteiger partial charge in [0.2, 0.25) is 5.91 Å². The lowest BCUT2D eigenvalue weighted by molar-refractivity contribution is -0.117. The summed E-state index contributed by atoms with van der Waals surface area (Å²) >= 11 is 0. The second kappa shape index (κ2) is 9.62. The van der Waals surface area contributed by atoms with Gasteiger partial charge in [0.25, 0.3) is 0 Å². The number of alkyl carbamates (subject to hydrolysis) is 1. The van der Waals surface area contributed by atoms with E-state index >= 15 is 0 Å². The number of benzene rings is 3. The third-order valence-corrected chi connectivity index (χ3v) is 4.75. The van der Waals surface area contributed by atoms with E-state index in [9.17, 15) is 14.7 Å².